The normalized spacial score (nSPS) is 27.6. The van der Waals surface area contributed by atoms with E-state index in [9.17, 15) is 8.42 Å². The molecule has 16 heavy (non-hydrogen) atoms. The average Bonchev–Trinajstić information content (AvgIpc) is 2.40. The van der Waals surface area contributed by atoms with E-state index in [1.807, 2.05) is 0 Å². The summed E-state index contributed by atoms with van der Waals surface area (Å²) in [4.78, 5) is 0. The van der Waals surface area contributed by atoms with Gasteiger partial charge in [0.25, 0.3) is 5.17 Å². The fourth-order valence-corrected chi connectivity index (χ4v) is 4.13. The van der Waals surface area contributed by atoms with Gasteiger partial charge in [-0.2, -0.15) is 0 Å². The highest BCUT2D eigenvalue weighted by molar-refractivity contribution is 7.91. The van der Waals surface area contributed by atoms with Crippen molar-refractivity contribution >= 4 is 38.8 Å². The molecular formula is C8H14ClNO4S2. The average molecular weight is 288 g/mol. The van der Waals surface area contributed by atoms with Crippen LogP contribution in [0.15, 0.2) is 0 Å². The maximum atomic E-state index is 11.3. The van der Waals surface area contributed by atoms with Gasteiger partial charge in [0.05, 0.1) is 29.5 Å². The highest BCUT2D eigenvalue weighted by Gasteiger charge is 2.36. The Morgan fingerprint density at radius 3 is 2.69 bits per heavy atom. The Morgan fingerprint density at radius 2 is 2.19 bits per heavy atom. The van der Waals surface area contributed by atoms with Crippen molar-refractivity contribution in [3.8, 4) is 0 Å². The van der Waals surface area contributed by atoms with Crippen LogP contribution in [0.4, 0.5) is 0 Å². The van der Waals surface area contributed by atoms with Crippen molar-refractivity contribution in [2.75, 3.05) is 31.8 Å². The predicted molar refractivity (Wildman–Crippen MR) is 65.6 cm³/mol. The highest BCUT2D eigenvalue weighted by atomic mass is 35.5. The highest BCUT2D eigenvalue weighted by Crippen LogP contribution is 2.17. The second kappa shape index (κ2) is 6.00. The monoisotopic (exact) mass is 287 g/mol. The predicted octanol–water partition coefficient (Wildman–Crippen LogP) is -0.0717. The molecule has 1 rings (SSSR count). The van der Waals surface area contributed by atoms with Crippen molar-refractivity contribution in [3.63, 3.8) is 0 Å². The number of rotatable bonds is 4. The molecule has 0 aromatic heterocycles. The fraction of sp³-hybridized carbons (Fsp3) is 0.875. The molecule has 1 saturated heterocycles. The Kier molecular flexibility index (Phi) is 5.23. The Balaban J connectivity index is 2.35. The van der Waals surface area contributed by atoms with E-state index < -0.39 is 15.2 Å². The van der Waals surface area contributed by atoms with Gasteiger partial charge in [-0.15, -0.1) is 11.6 Å². The first-order valence-electron chi connectivity index (χ1n) is 4.71. The van der Waals surface area contributed by atoms with Crippen LogP contribution in [0, 0.1) is 0 Å². The summed E-state index contributed by atoms with van der Waals surface area (Å²) in [5.74, 6) is -0.0259. The van der Waals surface area contributed by atoms with Crippen LogP contribution in [0.1, 0.15) is 0 Å². The summed E-state index contributed by atoms with van der Waals surface area (Å²) in [5, 5.41) is 2.48. The number of nitrogens with one attached hydrogen (secondary N) is 1. The lowest BCUT2D eigenvalue weighted by molar-refractivity contribution is 0.139. The van der Waals surface area contributed by atoms with E-state index in [-0.39, 0.29) is 22.7 Å². The van der Waals surface area contributed by atoms with Crippen LogP contribution in [0.2, 0.25) is 0 Å². The third-order valence-electron chi connectivity index (χ3n) is 2.11. The van der Waals surface area contributed by atoms with Gasteiger partial charge in [0.15, 0.2) is 9.84 Å². The van der Waals surface area contributed by atoms with Crippen LogP contribution >= 0.6 is 23.8 Å². The summed E-state index contributed by atoms with van der Waals surface area (Å²) in [6, 6.07) is -0.373. The molecule has 1 heterocycles. The Hall–Kier alpha value is -0.110. The van der Waals surface area contributed by atoms with Crippen molar-refractivity contribution in [1.29, 1.82) is 0 Å². The maximum Gasteiger partial charge on any atom is 0.257 e. The van der Waals surface area contributed by atoms with E-state index in [0.717, 1.165) is 0 Å². The summed E-state index contributed by atoms with van der Waals surface area (Å²) in [7, 11) is -1.50. The number of hydrogen-bond acceptors (Lipinski definition) is 5. The zero-order valence-corrected chi connectivity index (χ0v) is 11.2. The number of hydrogen-bond donors (Lipinski definition) is 1. The van der Waals surface area contributed by atoms with Gasteiger partial charge in [-0.05, 0) is 12.2 Å². The molecule has 0 aliphatic carbocycles. The largest absolute Gasteiger partial charge is 0.469 e. The molecule has 8 heteroatoms. The molecule has 0 radical (unpaired) electrons. The summed E-state index contributed by atoms with van der Waals surface area (Å²) < 4.78 is 32.4. The van der Waals surface area contributed by atoms with Crippen molar-refractivity contribution in [1.82, 2.24) is 5.32 Å². The van der Waals surface area contributed by atoms with Gasteiger partial charge >= 0.3 is 0 Å². The van der Waals surface area contributed by atoms with Crippen molar-refractivity contribution < 1.29 is 17.9 Å². The van der Waals surface area contributed by atoms with Crippen LogP contribution in [-0.2, 0) is 19.3 Å². The van der Waals surface area contributed by atoms with Gasteiger partial charge < -0.3 is 14.8 Å². The quantitative estimate of drug-likeness (QED) is 0.444. The third-order valence-corrected chi connectivity index (χ3v) is 4.72. The number of alkyl halides is 1. The van der Waals surface area contributed by atoms with Crippen LogP contribution in [-0.4, -0.2) is 56.8 Å². The van der Waals surface area contributed by atoms with Gasteiger partial charge in [0.2, 0.25) is 0 Å². The smallest absolute Gasteiger partial charge is 0.257 e. The van der Waals surface area contributed by atoms with Crippen molar-refractivity contribution in [2.24, 2.45) is 0 Å². The van der Waals surface area contributed by atoms with Gasteiger partial charge in [0.1, 0.15) is 6.61 Å². The van der Waals surface area contributed by atoms with E-state index in [2.05, 4.69) is 5.32 Å². The molecule has 0 amide bonds. The van der Waals surface area contributed by atoms with Crippen LogP contribution < -0.4 is 5.32 Å². The first-order valence-corrected chi connectivity index (χ1v) is 7.38. The molecule has 0 aromatic carbocycles. The van der Waals surface area contributed by atoms with E-state index in [1.165, 1.54) is 0 Å². The van der Waals surface area contributed by atoms with Gasteiger partial charge in [-0.25, -0.2) is 8.42 Å². The number of ether oxygens (including phenoxy) is 2. The lowest BCUT2D eigenvalue weighted by atomic mass is 10.3. The molecule has 0 saturated carbocycles. The van der Waals surface area contributed by atoms with Crippen LogP contribution in [0.25, 0.3) is 0 Å². The molecule has 0 unspecified atom stereocenters. The van der Waals surface area contributed by atoms with Gasteiger partial charge in [-0.3, -0.25) is 0 Å². The van der Waals surface area contributed by atoms with Crippen LogP contribution in [0.5, 0.6) is 0 Å². The maximum absolute atomic E-state index is 11.3. The van der Waals surface area contributed by atoms with Gasteiger partial charge in [0, 0.05) is 7.11 Å². The summed E-state index contributed by atoms with van der Waals surface area (Å²) >= 11 is 10.8. The molecule has 94 valence electrons. The number of sulfone groups is 1. The zero-order chi connectivity index (χ0) is 12.2. The summed E-state index contributed by atoms with van der Waals surface area (Å²) in [5.41, 5.74) is 0. The van der Waals surface area contributed by atoms with E-state index in [1.54, 1.807) is 7.11 Å². The lowest BCUT2D eigenvalue weighted by Crippen LogP contribution is -2.41. The minimum atomic E-state index is -3.05. The van der Waals surface area contributed by atoms with Crippen LogP contribution in [0.3, 0.4) is 0 Å². The summed E-state index contributed by atoms with van der Waals surface area (Å²) in [6.45, 7) is 0.754. The topological polar surface area (TPSA) is 64.6 Å². The molecule has 0 bridgehead atoms. The second-order valence-electron chi connectivity index (χ2n) is 3.47. The molecule has 1 aliphatic rings. The second-order valence-corrected chi connectivity index (χ2v) is 6.56. The minimum absolute atomic E-state index is 0.00502. The standard InChI is InChI=1S/C8H14ClNO4S2/c1-13-2-3-14-8(15)10-7-5-16(11,12)4-6(7)9/h6-7H,2-5H2,1H3,(H,10,15)/t6-,7+/m1/s1. The van der Waals surface area contributed by atoms with E-state index >= 15 is 0 Å². The minimum Gasteiger partial charge on any atom is -0.469 e. The molecule has 2 atom stereocenters. The fourth-order valence-electron chi connectivity index (χ4n) is 1.35. The molecular weight excluding hydrogens is 274 g/mol. The first kappa shape index (κ1) is 14.0. The van der Waals surface area contributed by atoms with E-state index in [0.29, 0.717) is 13.2 Å². The van der Waals surface area contributed by atoms with Crippen molar-refractivity contribution in [3.05, 3.63) is 0 Å². The van der Waals surface area contributed by atoms with Crippen molar-refractivity contribution in [2.45, 2.75) is 11.4 Å². The number of thiocarbonyl (C=S) groups is 1. The van der Waals surface area contributed by atoms with Gasteiger partial charge in [-0.1, -0.05) is 0 Å². The Bertz CT molecular complexity index is 346. The zero-order valence-electron chi connectivity index (χ0n) is 8.81. The first-order chi connectivity index (χ1) is 7.44. The Labute approximate surface area is 105 Å². The number of methoxy groups -OCH3 is 1. The molecule has 1 fully saturated rings. The molecule has 0 spiro atoms. The third kappa shape index (κ3) is 4.40. The Morgan fingerprint density at radius 1 is 1.50 bits per heavy atom. The molecule has 1 aliphatic heterocycles. The molecule has 0 aromatic rings. The van der Waals surface area contributed by atoms with E-state index in [4.69, 9.17) is 33.3 Å². The molecule has 1 N–H and O–H groups in total. The molecule has 5 nitrogen and oxygen atoms in total. The summed E-state index contributed by atoms with van der Waals surface area (Å²) in [6.07, 6.45) is 0. The lowest BCUT2D eigenvalue weighted by Gasteiger charge is -2.16. The number of halogens is 1. The SMILES string of the molecule is COCCOC(=S)N[C@H]1CS(=O)(=O)C[C@H]1Cl.